The van der Waals surface area contributed by atoms with Gasteiger partial charge in [-0.2, -0.15) is 0 Å². The first-order valence-corrected chi connectivity index (χ1v) is 22.4. The molecule has 1 aromatic rings. The van der Waals surface area contributed by atoms with Crippen molar-refractivity contribution >= 4 is 29.3 Å². The monoisotopic (exact) mass is 807 g/mol. The molecule has 0 aliphatic heterocycles. The number of aliphatic hydroxyl groups is 1. The van der Waals surface area contributed by atoms with Crippen LogP contribution >= 0.6 is 11.6 Å². The topological polar surface area (TPSA) is 107 Å². The van der Waals surface area contributed by atoms with Crippen LogP contribution in [0, 0.1) is 55.7 Å². The summed E-state index contributed by atoms with van der Waals surface area (Å²) in [6.07, 6.45) is 8.41. The normalized spacial score (nSPS) is 39.0. The van der Waals surface area contributed by atoms with Crippen LogP contribution in [0.1, 0.15) is 132 Å². The Labute approximate surface area is 347 Å². The number of allylic oxidation sites excluding steroid dienone is 1. The number of Topliss-reactive ketones (excluding diaryl/α,β-unsaturated/α-hetero) is 1. The Balaban J connectivity index is 1.17. The molecular weight excluding hydrogens is 736 g/mol. The van der Waals surface area contributed by atoms with E-state index in [9.17, 15) is 24.6 Å². The number of hydrogen-bond acceptors (Lipinski definition) is 7. The summed E-state index contributed by atoms with van der Waals surface area (Å²) in [7, 11) is 4.16. The SMILES string of the molecule is CC(C)C1=C2[C@H]3CC[C@@H]4[C@@]5(C)CC[C@H](OC(=O)CC(C)(C)C(=O)O)C6(C)C[C@]65CC[C@@]4(C)[C@]3(C)CCC2(C(O)CN(CCN(C)C)Cc2ccccc2Cl)CC1=O. The summed E-state index contributed by atoms with van der Waals surface area (Å²) in [6.45, 7) is 20.4. The molecule has 8 nitrogen and oxygen atoms in total. The number of fused-ring (bicyclic) bond motifs is 6. The average Bonchev–Trinajstić information content (AvgIpc) is 3.65. The number of halogens is 1. The molecule has 2 N–H and O–H groups in total. The molecule has 0 saturated heterocycles. The van der Waals surface area contributed by atoms with E-state index in [2.05, 4.69) is 71.5 Å². The molecular formula is C48H71ClN2O6. The van der Waals surface area contributed by atoms with Gasteiger partial charge in [0.05, 0.1) is 17.9 Å². The van der Waals surface area contributed by atoms with Gasteiger partial charge in [-0.25, -0.2) is 0 Å². The molecule has 1 aromatic carbocycles. The number of ether oxygens (including phenoxy) is 1. The summed E-state index contributed by atoms with van der Waals surface area (Å²) in [5.74, 6) is -0.304. The standard InChI is InChI=1S/C48H71ClN2O6/c1-30(2)39-34(52)25-47(36(53)28-51(24-23-50(9)10)27-31-13-11-12-14-33(31)49)21-19-43(5)32(40(39)47)15-16-35-44(43,6)20-22-48-29-46(48,8)37(17-18-45(35,48)7)57-38(54)26-42(3,4)41(55)56/h11-14,30,32,35-37,53H,15-29H2,1-10H3,(H,55,56)/t32-,35+,36?,37+,43-,44-,45-,46?,47?,48+/m1/s1. The predicted molar refractivity (Wildman–Crippen MR) is 225 cm³/mol. The van der Waals surface area contributed by atoms with Crippen LogP contribution in [0.5, 0.6) is 0 Å². The lowest BCUT2D eigenvalue weighted by Gasteiger charge is -2.71. The third-order valence-electron chi connectivity index (χ3n) is 18.1. The maximum absolute atomic E-state index is 14.3. The lowest BCUT2D eigenvalue weighted by atomic mass is 9.33. The van der Waals surface area contributed by atoms with E-state index in [0.29, 0.717) is 25.4 Å². The van der Waals surface area contributed by atoms with Crippen molar-refractivity contribution < 1.29 is 29.3 Å². The number of carboxylic acid groups (broad SMARTS) is 1. The van der Waals surface area contributed by atoms with Crippen molar-refractivity contribution in [3.8, 4) is 0 Å². The van der Waals surface area contributed by atoms with E-state index in [1.807, 2.05) is 18.2 Å². The molecule has 316 valence electrons. The molecule has 10 atom stereocenters. The van der Waals surface area contributed by atoms with Crippen LogP contribution < -0.4 is 0 Å². The number of hydrogen-bond donors (Lipinski definition) is 2. The van der Waals surface area contributed by atoms with E-state index in [-0.39, 0.29) is 57.2 Å². The number of aliphatic hydroxyl groups excluding tert-OH is 1. The fraction of sp³-hybridized carbons (Fsp3) is 0.771. The molecule has 6 aliphatic carbocycles. The highest BCUT2D eigenvalue weighted by molar-refractivity contribution is 6.31. The predicted octanol–water partition coefficient (Wildman–Crippen LogP) is 9.21. The van der Waals surface area contributed by atoms with E-state index in [0.717, 1.165) is 87.0 Å². The summed E-state index contributed by atoms with van der Waals surface area (Å²) >= 11 is 6.68. The number of rotatable bonds is 13. The molecule has 0 heterocycles. The zero-order chi connectivity index (χ0) is 41.7. The van der Waals surface area contributed by atoms with Crippen LogP contribution in [-0.2, 0) is 25.7 Å². The van der Waals surface area contributed by atoms with Crippen LogP contribution in [0.25, 0.3) is 0 Å². The summed E-state index contributed by atoms with van der Waals surface area (Å²) < 4.78 is 6.23. The highest BCUT2D eigenvalue weighted by Gasteiger charge is 2.82. The molecule has 0 amide bonds. The molecule has 0 radical (unpaired) electrons. The molecule has 57 heavy (non-hydrogen) atoms. The first-order chi connectivity index (χ1) is 26.5. The highest BCUT2D eigenvalue weighted by atomic mass is 35.5. The van der Waals surface area contributed by atoms with E-state index in [1.54, 1.807) is 13.8 Å². The highest BCUT2D eigenvalue weighted by Crippen LogP contribution is 2.87. The Morgan fingerprint density at radius 2 is 1.61 bits per heavy atom. The average molecular weight is 808 g/mol. The number of nitrogens with zero attached hydrogens (tertiary/aromatic N) is 2. The smallest absolute Gasteiger partial charge is 0.309 e. The fourth-order valence-electron chi connectivity index (χ4n) is 14.6. The Kier molecular flexibility index (Phi) is 10.9. The molecule has 7 rings (SSSR count). The van der Waals surface area contributed by atoms with Gasteiger partial charge in [-0.1, -0.05) is 76.9 Å². The summed E-state index contributed by atoms with van der Waals surface area (Å²) in [4.78, 5) is 43.8. The number of carbonyl (C=O) groups is 3. The van der Waals surface area contributed by atoms with Crippen molar-refractivity contribution in [3.63, 3.8) is 0 Å². The Hall–Kier alpha value is -2.26. The molecule has 9 heteroatoms. The van der Waals surface area contributed by atoms with Gasteiger partial charge in [0.15, 0.2) is 5.78 Å². The van der Waals surface area contributed by atoms with Gasteiger partial charge in [0, 0.05) is 48.5 Å². The van der Waals surface area contributed by atoms with Gasteiger partial charge in [0.25, 0.3) is 0 Å². The van der Waals surface area contributed by atoms with Gasteiger partial charge >= 0.3 is 11.9 Å². The van der Waals surface area contributed by atoms with Gasteiger partial charge in [0.1, 0.15) is 6.10 Å². The van der Waals surface area contributed by atoms with Gasteiger partial charge in [-0.15, -0.1) is 0 Å². The summed E-state index contributed by atoms with van der Waals surface area (Å²) in [6, 6.07) is 7.99. The molecule has 0 aromatic heterocycles. The van der Waals surface area contributed by atoms with Crippen molar-refractivity contribution in [3.05, 3.63) is 46.0 Å². The minimum absolute atomic E-state index is 0.0248. The van der Waals surface area contributed by atoms with Crippen LogP contribution in [0.15, 0.2) is 35.4 Å². The van der Waals surface area contributed by atoms with Crippen molar-refractivity contribution in [2.45, 2.75) is 145 Å². The maximum Gasteiger partial charge on any atom is 0.309 e. The minimum Gasteiger partial charge on any atom is -0.481 e. The van der Waals surface area contributed by atoms with E-state index in [4.69, 9.17) is 16.3 Å². The van der Waals surface area contributed by atoms with E-state index in [1.165, 1.54) is 5.57 Å². The zero-order valence-corrected chi connectivity index (χ0v) is 37.4. The second-order valence-corrected chi connectivity index (χ2v) is 22.3. The van der Waals surface area contributed by atoms with Crippen LogP contribution in [-0.4, -0.2) is 83.7 Å². The number of esters is 1. The second-order valence-electron chi connectivity index (χ2n) is 21.9. The number of carboxylic acids is 1. The number of benzene rings is 1. The molecule has 5 saturated carbocycles. The first kappa shape index (κ1) is 42.8. The first-order valence-electron chi connectivity index (χ1n) is 22.0. The van der Waals surface area contributed by atoms with E-state index < -0.39 is 28.9 Å². The van der Waals surface area contributed by atoms with Gasteiger partial charge in [-0.05, 0) is 142 Å². The van der Waals surface area contributed by atoms with Gasteiger partial charge in [0.2, 0.25) is 0 Å². The largest absolute Gasteiger partial charge is 0.481 e. The fourth-order valence-corrected chi connectivity index (χ4v) is 14.8. The molecule has 6 aliphatic rings. The number of likely N-dealkylation sites (N-methyl/N-ethyl adjacent to an activating group) is 1. The molecule has 1 spiro atoms. The maximum atomic E-state index is 14.3. The summed E-state index contributed by atoms with van der Waals surface area (Å²) in [5.41, 5.74) is 1.73. The zero-order valence-electron chi connectivity index (χ0n) is 36.6. The van der Waals surface area contributed by atoms with Crippen LogP contribution in [0.4, 0.5) is 0 Å². The van der Waals surface area contributed by atoms with Crippen molar-refractivity contribution in [2.75, 3.05) is 33.7 Å². The van der Waals surface area contributed by atoms with Gasteiger partial charge < -0.3 is 19.8 Å². The molecule has 3 unspecified atom stereocenters. The lowest BCUT2D eigenvalue weighted by molar-refractivity contribution is -0.221. The van der Waals surface area contributed by atoms with Crippen LogP contribution in [0.2, 0.25) is 5.02 Å². The quantitative estimate of drug-likeness (QED) is 0.190. The van der Waals surface area contributed by atoms with Crippen molar-refractivity contribution in [2.24, 2.45) is 55.7 Å². The Morgan fingerprint density at radius 1 is 0.930 bits per heavy atom. The van der Waals surface area contributed by atoms with Gasteiger partial charge in [-0.3, -0.25) is 19.3 Å². The Bertz CT molecular complexity index is 1820. The molecule has 5 fully saturated rings. The Morgan fingerprint density at radius 3 is 2.26 bits per heavy atom. The molecule has 0 bridgehead atoms. The minimum atomic E-state index is -1.16. The third kappa shape index (κ3) is 6.42. The second kappa shape index (κ2) is 14.4. The number of ketones is 1. The van der Waals surface area contributed by atoms with E-state index >= 15 is 0 Å². The third-order valence-corrected chi connectivity index (χ3v) is 18.5. The number of aliphatic carboxylic acids is 1. The number of carbonyl (C=O) groups excluding carboxylic acids is 2. The lowest BCUT2D eigenvalue weighted by Crippen LogP contribution is -2.65. The van der Waals surface area contributed by atoms with Crippen molar-refractivity contribution in [1.29, 1.82) is 0 Å². The van der Waals surface area contributed by atoms with Crippen molar-refractivity contribution in [1.82, 2.24) is 9.80 Å². The summed E-state index contributed by atoms with van der Waals surface area (Å²) in [5, 5.41) is 23.1. The van der Waals surface area contributed by atoms with Crippen LogP contribution in [0.3, 0.4) is 0 Å².